The van der Waals surface area contributed by atoms with E-state index in [2.05, 4.69) is 25.3 Å². The van der Waals surface area contributed by atoms with Crippen LogP contribution >= 0.6 is 0 Å². The van der Waals surface area contributed by atoms with Gasteiger partial charge in [-0.1, -0.05) is 0 Å². The molecular weight excluding hydrogens is 266 g/mol. The first-order valence-electron chi connectivity index (χ1n) is 6.87. The Morgan fingerprint density at radius 2 is 2.19 bits per heavy atom. The van der Waals surface area contributed by atoms with E-state index in [0.29, 0.717) is 0 Å². The summed E-state index contributed by atoms with van der Waals surface area (Å²) in [7, 11) is 1.70. The van der Waals surface area contributed by atoms with Gasteiger partial charge < -0.3 is 15.0 Å². The van der Waals surface area contributed by atoms with Crippen LogP contribution in [0.25, 0.3) is 22.6 Å². The summed E-state index contributed by atoms with van der Waals surface area (Å²) in [6.45, 7) is 1.56. The maximum atomic E-state index is 5.02. The van der Waals surface area contributed by atoms with Crippen LogP contribution in [-0.4, -0.2) is 40.2 Å². The van der Waals surface area contributed by atoms with Crippen molar-refractivity contribution in [1.82, 2.24) is 19.9 Å². The number of nitrogens with zero attached hydrogens (tertiary/aromatic N) is 3. The molecule has 0 bridgehead atoms. The molecule has 0 unspecified atom stereocenters. The maximum Gasteiger partial charge on any atom is 0.178 e. The maximum absolute atomic E-state index is 5.02. The van der Waals surface area contributed by atoms with Crippen LogP contribution in [0.4, 0.5) is 5.82 Å². The monoisotopic (exact) mass is 283 g/mol. The lowest BCUT2D eigenvalue weighted by Crippen LogP contribution is -2.05. The molecule has 0 aliphatic rings. The van der Waals surface area contributed by atoms with E-state index >= 15 is 0 Å². The molecule has 0 radical (unpaired) electrons. The number of hydrogen-bond donors (Lipinski definition) is 2. The molecule has 0 saturated carbocycles. The zero-order valence-corrected chi connectivity index (χ0v) is 11.8. The third kappa shape index (κ3) is 3.17. The summed E-state index contributed by atoms with van der Waals surface area (Å²) < 4.78 is 5.02. The lowest BCUT2D eigenvalue weighted by atomic mass is 10.2. The Morgan fingerprint density at radius 3 is 3.05 bits per heavy atom. The Balaban J connectivity index is 1.78. The minimum atomic E-state index is 0.721. The molecule has 0 atom stereocenters. The minimum Gasteiger partial charge on any atom is -0.385 e. The van der Waals surface area contributed by atoms with Crippen molar-refractivity contribution in [1.29, 1.82) is 0 Å². The van der Waals surface area contributed by atoms with Crippen LogP contribution in [0, 0.1) is 0 Å². The molecule has 3 rings (SSSR count). The van der Waals surface area contributed by atoms with Gasteiger partial charge in [0.15, 0.2) is 5.65 Å². The fourth-order valence-electron chi connectivity index (χ4n) is 2.09. The molecule has 0 spiro atoms. The predicted molar refractivity (Wildman–Crippen MR) is 82.1 cm³/mol. The van der Waals surface area contributed by atoms with E-state index in [0.717, 1.165) is 47.9 Å². The van der Waals surface area contributed by atoms with Crippen LogP contribution < -0.4 is 5.32 Å². The van der Waals surface area contributed by atoms with Crippen LogP contribution in [0.5, 0.6) is 0 Å². The van der Waals surface area contributed by atoms with E-state index in [9.17, 15) is 0 Å². The fraction of sp³-hybridized carbons (Fsp3) is 0.267. The first-order chi connectivity index (χ1) is 10.4. The van der Waals surface area contributed by atoms with Gasteiger partial charge in [0.05, 0.1) is 5.52 Å². The summed E-state index contributed by atoms with van der Waals surface area (Å²) in [5.74, 6) is 1.63. The molecule has 0 amide bonds. The van der Waals surface area contributed by atoms with Gasteiger partial charge >= 0.3 is 0 Å². The van der Waals surface area contributed by atoms with Gasteiger partial charge in [0.1, 0.15) is 11.6 Å². The summed E-state index contributed by atoms with van der Waals surface area (Å²) in [5.41, 5.74) is 2.63. The molecule has 3 heterocycles. The number of hydrogen-bond acceptors (Lipinski definition) is 5. The van der Waals surface area contributed by atoms with Crippen LogP contribution in [0.2, 0.25) is 0 Å². The quantitative estimate of drug-likeness (QED) is 0.680. The number of H-pyrrole nitrogens is 1. The first kappa shape index (κ1) is 13.5. The standard InChI is InChI=1S/C15H17N5O/c1-21-9-3-7-16-13-10-11(5-8-17-13)14-19-12-4-2-6-18-15(12)20-14/h2,4-6,8,10H,3,7,9H2,1H3,(H,16,17)(H,18,19,20). The highest BCUT2D eigenvalue weighted by molar-refractivity contribution is 5.76. The van der Waals surface area contributed by atoms with Gasteiger partial charge in [-0.25, -0.2) is 15.0 Å². The topological polar surface area (TPSA) is 75.7 Å². The molecule has 0 aliphatic carbocycles. The smallest absolute Gasteiger partial charge is 0.178 e. The normalized spacial score (nSPS) is 10.9. The van der Waals surface area contributed by atoms with E-state index < -0.39 is 0 Å². The molecule has 0 fully saturated rings. The second kappa shape index (κ2) is 6.32. The van der Waals surface area contributed by atoms with Gasteiger partial charge in [0, 0.05) is 38.2 Å². The number of anilines is 1. The predicted octanol–water partition coefficient (Wildman–Crippen LogP) is 2.47. The number of aromatic amines is 1. The SMILES string of the molecule is COCCCNc1cc(-c2nc3ncccc3[nH]2)ccn1. The van der Waals surface area contributed by atoms with E-state index in [1.54, 1.807) is 19.5 Å². The molecule has 3 aromatic heterocycles. The van der Waals surface area contributed by atoms with E-state index in [-0.39, 0.29) is 0 Å². The lowest BCUT2D eigenvalue weighted by molar-refractivity contribution is 0.198. The van der Waals surface area contributed by atoms with Crippen LogP contribution in [-0.2, 0) is 4.74 Å². The van der Waals surface area contributed by atoms with Gasteiger partial charge in [-0.05, 0) is 30.7 Å². The Hall–Kier alpha value is -2.47. The Bertz CT molecular complexity index is 692. The second-order valence-electron chi connectivity index (χ2n) is 4.66. The van der Waals surface area contributed by atoms with Crippen LogP contribution in [0.1, 0.15) is 6.42 Å². The number of fused-ring (bicyclic) bond motifs is 1. The van der Waals surface area contributed by atoms with Crippen molar-refractivity contribution in [2.24, 2.45) is 0 Å². The van der Waals surface area contributed by atoms with Crippen molar-refractivity contribution in [3.8, 4) is 11.4 Å². The van der Waals surface area contributed by atoms with Crippen molar-refractivity contribution < 1.29 is 4.74 Å². The third-order valence-corrected chi connectivity index (χ3v) is 3.12. The lowest BCUT2D eigenvalue weighted by Gasteiger charge is -2.06. The Labute approximate surface area is 122 Å². The molecule has 0 aromatic carbocycles. The van der Waals surface area contributed by atoms with E-state index in [1.165, 1.54) is 0 Å². The zero-order chi connectivity index (χ0) is 14.5. The molecule has 0 saturated heterocycles. The molecule has 2 N–H and O–H groups in total. The molecule has 6 nitrogen and oxygen atoms in total. The molecule has 108 valence electrons. The summed E-state index contributed by atoms with van der Waals surface area (Å²) in [5, 5.41) is 3.27. The molecular formula is C15H17N5O. The number of ether oxygens (including phenoxy) is 1. The van der Waals surface area contributed by atoms with Gasteiger partial charge in [-0.15, -0.1) is 0 Å². The van der Waals surface area contributed by atoms with Crippen molar-refractivity contribution >= 4 is 17.0 Å². The zero-order valence-electron chi connectivity index (χ0n) is 11.8. The average molecular weight is 283 g/mol. The van der Waals surface area contributed by atoms with Crippen molar-refractivity contribution in [2.75, 3.05) is 25.6 Å². The summed E-state index contributed by atoms with van der Waals surface area (Å²) in [4.78, 5) is 16.3. The fourth-order valence-corrected chi connectivity index (χ4v) is 2.09. The van der Waals surface area contributed by atoms with E-state index in [1.807, 2.05) is 24.3 Å². The second-order valence-corrected chi connectivity index (χ2v) is 4.66. The van der Waals surface area contributed by atoms with Crippen molar-refractivity contribution in [2.45, 2.75) is 6.42 Å². The van der Waals surface area contributed by atoms with Crippen LogP contribution in [0.3, 0.4) is 0 Å². The third-order valence-electron chi connectivity index (χ3n) is 3.12. The molecule has 0 aliphatic heterocycles. The molecule has 6 heteroatoms. The average Bonchev–Trinajstić information content (AvgIpc) is 2.96. The number of methoxy groups -OCH3 is 1. The number of imidazole rings is 1. The highest BCUT2D eigenvalue weighted by atomic mass is 16.5. The van der Waals surface area contributed by atoms with E-state index in [4.69, 9.17) is 4.74 Å². The van der Waals surface area contributed by atoms with Gasteiger partial charge in [-0.3, -0.25) is 0 Å². The number of rotatable bonds is 6. The highest BCUT2D eigenvalue weighted by Crippen LogP contribution is 2.20. The summed E-state index contributed by atoms with van der Waals surface area (Å²) in [6.07, 6.45) is 4.45. The number of nitrogens with one attached hydrogen (secondary N) is 2. The van der Waals surface area contributed by atoms with Crippen LogP contribution in [0.15, 0.2) is 36.7 Å². The summed E-state index contributed by atoms with van der Waals surface area (Å²) in [6, 6.07) is 7.76. The van der Waals surface area contributed by atoms with Crippen molar-refractivity contribution in [3.63, 3.8) is 0 Å². The van der Waals surface area contributed by atoms with Crippen molar-refractivity contribution in [3.05, 3.63) is 36.7 Å². The number of aromatic nitrogens is 4. The first-order valence-corrected chi connectivity index (χ1v) is 6.87. The summed E-state index contributed by atoms with van der Waals surface area (Å²) >= 11 is 0. The number of pyridine rings is 2. The van der Waals surface area contributed by atoms with Gasteiger partial charge in [0.2, 0.25) is 0 Å². The minimum absolute atomic E-state index is 0.721. The molecule has 3 aromatic rings. The highest BCUT2D eigenvalue weighted by Gasteiger charge is 2.06. The van der Waals surface area contributed by atoms with Gasteiger partial charge in [-0.2, -0.15) is 0 Å². The van der Waals surface area contributed by atoms with Gasteiger partial charge in [0.25, 0.3) is 0 Å². The Morgan fingerprint density at radius 1 is 1.24 bits per heavy atom. The molecule has 21 heavy (non-hydrogen) atoms. The Kier molecular flexibility index (Phi) is 4.07. The largest absolute Gasteiger partial charge is 0.385 e.